The van der Waals surface area contributed by atoms with Crippen LogP contribution >= 0.6 is 15.9 Å². The van der Waals surface area contributed by atoms with Crippen molar-refractivity contribution in [2.24, 2.45) is 0 Å². The number of pyridine rings is 1. The normalized spacial score (nSPS) is 11.7. The van der Waals surface area contributed by atoms with Gasteiger partial charge in [0.05, 0.1) is 11.2 Å². The third-order valence-corrected chi connectivity index (χ3v) is 4.12. The molecule has 0 saturated carbocycles. The molecule has 6 heteroatoms. The largest absolute Gasteiger partial charge is 0.260 e. The van der Waals surface area contributed by atoms with Gasteiger partial charge in [-0.3, -0.25) is 4.98 Å². The van der Waals surface area contributed by atoms with Gasteiger partial charge in [-0.25, -0.2) is 4.68 Å². The Hall–Kier alpha value is -2.08. The van der Waals surface area contributed by atoms with Gasteiger partial charge in [0.15, 0.2) is 5.82 Å². The van der Waals surface area contributed by atoms with E-state index in [4.69, 9.17) is 0 Å². The number of hydrogen-bond donors (Lipinski definition) is 0. The fourth-order valence-corrected chi connectivity index (χ4v) is 2.73. The third kappa shape index (κ3) is 3.17. The fraction of sp³-hybridized carbons (Fsp3) is 0.294. The Labute approximate surface area is 143 Å². The van der Waals surface area contributed by atoms with Crippen LogP contribution in [0.2, 0.25) is 0 Å². The van der Waals surface area contributed by atoms with E-state index < -0.39 is 0 Å². The van der Waals surface area contributed by atoms with Gasteiger partial charge in [-0.05, 0) is 42.8 Å². The Bertz CT molecular complexity index is 802. The van der Waals surface area contributed by atoms with Crippen LogP contribution in [0.3, 0.4) is 0 Å². The zero-order chi connectivity index (χ0) is 16.4. The highest BCUT2D eigenvalue weighted by molar-refractivity contribution is 9.08. The fourth-order valence-electron chi connectivity index (χ4n) is 2.40. The molecule has 0 N–H and O–H groups in total. The van der Waals surface area contributed by atoms with Crippen LogP contribution in [0.5, 0.6) is 0 Å². The van der Waals surface area contributed by atoms with Crippen LogP contribution in [0, 0.1) is 0 Å². The first-order valence-corrected chi connectivity index (χ1v) is 8.52. The Morgan fingerprint density at radius 3 is 2.39 bits per heavy atom. The van der Waals surface area contributed by atoms with Crippen molar-refractivity contribution in [1.29, 1.82) is 0 Å². The molecule has 2 heterocycles. The summed E-state index contributed by atoms with van der Waals surface area (Å²) in [6.07, 6.45) is 1.89. The standard InChI is InChI=1S/C17H18BrN5/c1-17(2,3)23-16(20-21-22-23)15-7-5-4-6-14(15)12-8-9-13(10-18)19-11-12/h4-9,11H,10H2,1-3H3. The van der Waals surface area contributed by atoms with Crippen molar-refractivity contribution >= 4 is 15.9 Å². The molecule has 0 aliphatic heterocycles. The van der Waals surface area contributed by atoms with Crippen molar-refractivity contribution in [3.05, 3.63) is 48.3 Å². The zero-order valence-corrected chi connectivity index (χ0v) is 14.9. The summed E-state index contributed by atoms with van der Waals surface area (Å²) in [5, 5.41) is 13.0. The van der Waals surface area contributed by atoms with E-state index >= 15 is 0 Å². The molecule has 3 aromatic rings. The minimum atomic E-state index is -0.190. The number of benzene rings is 1. The zero-order valence-electron chi connectivity index (χ0n) is 13.4. The van der Waals surface area contributed by atoms with Crippen molar-refractivity contribution in [3.8, 4) is 22.5 Å². The number of halogens is 1. The first-order chi connectivity index (χ1) is 11.0. The van der Waals surface area contributed by atoms with E-state index in [1.807, 2.05) is 35.1 Å². The molecule has 2 aromatic heterocycles. The van der Waals surface area contributed by atoms with Crippen molar-refractivity contribution in [2.45, 2.75) is 31.6 Å². The summed E-state index contributed by atoms with van der Waals surface area (Å²) in [7, 11) is 0. The number of tetrazole rings is 1. The molecular formula is C17H18BrN5. The number of nitrogens with zero attached hydrogens (tertiary/aromatic N) is 5. The molecule has 0 amide bonds. The van der Waals surface area contributed by atoms with E-state index in [-0.39, 0.29) is 5.54 Å². The van der Waals surface area contributed by atoms with E-state index in [1.165, 1.54) is 0 Å². The third-order valence-electron chi connectivity index (χ3n) is 3.55. The summed E-state index contributed by atoms with van der Waals surface area (Å²) in [6.45, 7) is 6.26. The number of rotatable bonds is 3. The lowest BCUT2D eigenvalue weighted by Crippen LogP contribution is -2.24. The predicted octanol–water partition coefficient (Wildman–Crippen LogP) is 4.05. The number of hydrogen-bond acceptors (Lipinski definition) is 4. The van der Waals surface area contributed by atoms with E-state index in [0.29, 0.717) is 0 Å². The van der Waals surface area contributed by atoms with Crippen LogP contribution in [0.15, 0.2) is 42.6 Å². The Kier molecular flexibility index (Phi) is 4.26. The van der Waals surface area contributed by atoms with Crippen molar-refractivity contribution in [1.82, 2.24) is 25.2 Å². The lowest BCUT2D eigenvalue weighted by Gasteiger charge is -2.20. The van der Waals surface area contributed by atoms with E-state index in [2.05, 4.69) is 69.3 Å². The van der Waals surface area contributed by atoms with Gasteiger partial charge in [0.25, 0.3) is 0 Å². The second-order valence-electron chi connectivity index (χ2n) is 6.30. The summed E-state index contributed by atoms with van der Waals surface area (Å²) in [5.74, 6) is 0.762. The van der Waals surface area contributed by atoms with Crippen LogP contribution in [0.4, 0.5) is 0 Å². The van der Waals surface area contributed by atoms with Gasteiger partial charge >= 0.3 is 0 Å². The average Bonchev–Trinajstić information content (AvgIpc) is 3.05. The van der Waals surface area contributed by atoms with E-state index in [1.54, 1.807) is 0 Å². The Morgan fingerprint density at radius 2 is 1.78 bits per heavy atom. The summed E-state index contributed by atoms with van der Waals surface area (Å²) in [6, 6.07) is 12.2. The first kappa shape index (κ1) is 15.8. The van der Waals surface area contributed by atoms with Crippen molar-refractivity contribution in [3.63, 3.8) is 0 Å². The molecule has 23 heavy (non-hydrogen) atoms. The van der Waals surface area contributed by atoms with E-state index in [0.717, 1.165) is 33.5 Å². The Balaban J connectivity index is 2.13. The molecule has 0 aliphatic carbocycles. The first-order valence-electron chi connectivity index (χ1n) is 7.40. The maximum Gasteiger partial charge on any atom is 0.183 e. The van der Waals surface area contributed by atoms with Gasteiger partial charge in [0.2, 0.25) is 0 Å². The van der Waals surface area contributed by atoms with Crippen LogP contribution in [0.1, 0.15) is 26.5 Å². The topological polar surface area (TPSA) is 56.5 Å². The summed E-state index contributed by atoms with van der Waals surface area (Å²) < 4.78 is 1.85. The average molecular weight is 372 g/mol. The van der Waals surface area contributed by atoms with Gasteiger partial charge in [-0.1, -0.05) is 46.3 Å². The second-order valence-corrected chi connectivity index (χ2v) is 6.86. The van der Waals surface area contributed by atoms with Crippen molar-refractivity contribution in [2.75, 3.05) is 0 Å². The second kappa shape index (κ2) is 6.20. The molecule has 0 saturated heterocycles. The summed E-state index contributed by atoms with van der Waals surface area (Å²) in [5.41, 5.74) is 3.94. The lowest BCUT2D eigenvalue weighted by molar-refractivity contribution is 0.351. The summed E-state index contributed by atoms with van der Waals surface area (Å²) >= 11 is 3.42. The molecule has 1 aromatic carbocycles. The van der Waals surface area contributed by atoms with Crippen LogP contribution in [-0.2, 0) is 10.9 Å². The van der Waals surface area contributed by atoms with Gasteiger partial charge < -0.3 is 0 Å². The maximum atomic E-state index is 4.46. The molecule has 0 fully saturated rings. The van der Waals surface area contributed by atoms with Gasteiger partial charge in [-0.15, -0.1) is 5.10 Å². The van der Waals surface area contributed by atoms with E-state index in [9.17, 15) is 0 Å². The van der Waals surface area contributed by atoms with Crippen LogP contribution < -0.4 is 0 Å². The Morgan fingerprint density at radius 1 is 1.04 bits per heavy atom. The molecule has 0 radical (unpaired) electrons. The minimum absolute atomic E-state index is 0.190. The highest BCUT2D eigenvalue weighted by Crippen LogP contribution is 2.32. The molecule has 0 spiro atoms. The lowest BCUT2D eigenvalue weighted by atomic mass is 9.99. The smallest absolute Gasteiger partial charge is 0.183 e. The van der Waals surface area contributed by atoms with Crippen molar-refractivity contribution < 1.29 is 0 Å². The molecule has 3 rings (SSSR count). The van der Waals surface area contributed by atoms with Crippen LogP contribution in [0.25, 0.3) is 22.5 Å². The SMILES string of the molecule is CC(C)(C)n1nnnc1-c1ccccc1-c1ccc(CBr)nc1. The quantitative estimate of drug-likeness (QED) is 0.651. The number of aromatic nitrogens is 5. The minimum Gasteiger partial charge on any atom is -0.260 e. The van der Waals surface area contributed by atoms with Gasteiger partial charge in [0, 0.05) is 22.7 Å². The monoisotopic (exact) mass is 371 g/mol. The maximum absolute atomic E-state index is 4.46. The molecule has 0 aliphatic rings. The highest BCUT2D eigenvalue weighted by atomic mass is 79.9. The predicted molar refractivity (Wildman–Crippen MR) is 94.1 cm³/mol. The van der Waals surface area contributed by atoms with Gasteiger partial charge in [-0.2, -0.15) is 0 Å². The molecular weight excluding hydrogens is 354 g/mol. The van der Waals surface area contributed by atoms with Gasteiger partial charge in [0.1, 0.15) is 0 Å². The highest BCUT2D eigenvalue weighted by Gasteiger charge is 2.22. The molecule has 0 atom stereocenters. The number of alkyl halides is 1. The molecule has 0 unspecified atom stereocenters. The molecule has 118 valence electrons. The molecule has 5 nitrogen and oxygen atoms in total. The van der Waals surface area contributed by atoms with Crippen LogP contribution in [-0.4, -0.2) is 25.2 Å². The molecule has 0 bridgehead atoms. The summed E-state index contributed by atoms with van der Waals surface area (Å²) in [4.78, 5) is 4.46.